The second-order valence-corrected chi connectivity index (χ2v) is 6.47. The molecule has 3 rings (SSSR count). The molecule has 2 aromatic rings. The van der Waals surface area contributed by atoms with E-state index in [-0.39, 0.29) is 6.10 Å². The van der Waals surface area contributed by atoms with Gasteiger partial charge >= 0.3 is 0 Å². The van der Waals surface area contributed by atoms with E-state index < -0.39 is 0 Å². The molecule has 1 heterocycles. The summed E-state index contributed by atoms with van der Waals surface area (Å²) in [5.41, 5.74) is 2.52. The number of nitrogens with one attached hydrogen (secondary N) is 1. The highest BCUT2D eigenvalue weighted by Gasteiger charge is 2.22. The Labute approximate surface area is 130 Å². The van der Waals surface area contributed by atoms with Crippen LogP contribution in [0, 0.1) is 0 Å². The second kappa shape index (κ2) is 6.44. The van der Waals surface area contributed by atoms with Gasteiger partial charge in [-0.15, -0.1) is 11.8 Å². The Morgan fingerprint density at radius 3 is 2.95 bits per heavy atom. The van der Waals surface area contributed by atoms with Crippen molar-refractivity contribution in [3.63, 3.8) is 0 Å². The monoisotopic (exact) mass is 299 g/mol. The van der Waals surface area contributed by atoms with Crippen molar-refractivity contribution in [2.45, 2.75) is 37.3 Å². The Morgan fingerprint density at radius 1 is 1.24 bits per heavy atom. The third kappa shape index (κ3) is 3.35. The summed E-state index contributed by atoms with van der Waals surface area (Å²) >= 11 is 1.92. The van der Waals surface area contributed by atoms with Crippen molar-refractivity contribution in [3.05, 3.63) is 54.1 Å². The van der Waals surface area contributed by atoms with Crippen LogP contribution in [0.15, 0.2) is 53.4 Å². The van der Waals surface area contributed by atoms with Crippen LogP contribution in [0.2, 0.25) is 0 Å². The molecule has 21 heavy (non-hydrogen) atoms. The zero-order valence-corrected chi connectivity index (χ0v) is 13.3. The molecular formula is C18H21NOS. The average Bonchev–Trinajstić information content (AvgIpc) is 2.91. The molecule has 1 N–H and O–H groups in total. The number of anilines is 1. The first kappa shape index (κ1) is 14.3. The Bertz CT molecular complexity index is 614. The van der Waals surface area contributed by atoms with Gasteiger partial charge in [0.2, 0.25) is 0 Å². The lowest BCUT2D eigenvalue weighted by molar-refractivity contribution is 0.217. The van der Waals surface area contributed by atoms with E-state index in [1.807, 2.05) is 23.9 Å². The van der Waals surface area contributed by atoms with E-state index in [1.54, 1.807) is 0 Å². The fourth-order valence-electron chi connectivity index (χ4n) is 2.46. The molecule has 2 nitrogen and oxygen atoms in total. The Kier molecular flexibility index (Phi) is 4.39. The molecule has 3 heteroatoms. The van der Waals surface area contributed by atoms with Crippen LogP contribution in [0.3, 0.4) is 0 Å². The van der Waals surface area contributed by atoms with Gasteiger partial charge in [0.05, 0.1) is 12.1 Å². The van der Waals surface area contributed by atoms with Gasteiger partial charge in [0, 0.05) is 22.4 Å². The van der Waals surface area contributed by atoms with Crippen molar-refractivity contribution in [1.29, 1.82) is 0 Å². The van der Waals surface area contributed by atoms with Crippen LogP contribution in [-0.2, 0) is 0 Å². The van der Waals surface area contributed by atoms with E-state index in [9.17, 15) is 0 Å². The smallest absolute Gasteiger partial charge is 0.121 e. The van der Waals surface area contributed by atoms with Crippen LogP contribution in [0.5, 0.6) is 5.75 Å². The lowest BCUT2D eigenvalue weighted by atomic mass is 10.1. The Hall–Kier alpha value is -1.61. The molecule has 0 saturated carbocycles. The van der Waals surface area contributed by atoms with Crippen molar-refractivity contribution >= 4 is 17.4 Å². The Morgan fingerprint density at radius 2 is 2.10 bits per heavy atom. The number of hydrogen-bond acceptors (Lipinski definition) is 3. The Balaban J connectivity index is 1.73. The fraction of sp³-hybridized carbons (Fsp3) is 0.333. The van der Waals surface area contributed by atoms with Crippen LogP contribution in [0.25, 0.3) is 0 Å². The fourth-order valence-corrected chi connectivity index (χ4v) is 3.62. The number of ether oxygens (including phenoxy) is 1. The highest BCUT2D eigenvalue weighted by molar-refractivity contribution is 7.99. The molecule has 1 aliphatic rings. The van der Waals surface area contributed by atoms with Gasteiger partial charge in [0.25, 0.3) is 0 Å². The summed E-state index contributed by atoms with van der Waals surface area (Å²) in [6, 6.07) is 17.3. The minimum Gasteiger partial charge on any atom is -0.491 e. The first-order valence-electron chi connectivity index (χ1n) is 7.51. The summed E-state index contributed by atoms with van der Waals surface area (Å²) < 4.78 is 5.89. The van der Waals surface area contributed by atoms with E-state index in [4.69, 9.17) is 4.74 Å². The van der Waals surface area contributed by atoms with Gasteiger partial charge in [0.1, 0.15) is 5.75 Å². The first-order chi connectivity index (χ1) is 10.3. The van der Waals surface area contributed by atoms with Gasteiger partial charge in [-0.05, 0) is 37.1 Å². The van der Waals surface area contributed by atoms with Gasteiger partial charge in [-0.2, -0.15) is 0 Å². The molecule has 2 aromatic carbocycles. The van der Waals surface area contributed by atoms with Crippen molar-refractivity contribution in [1.82, 2.24) is 0 Å². The number of fused-ring (bicyclic) bond motifs is 1. The minimum absolute atomic E-state index is 0.253. The third-order valence-electron chi connectivity index (χ3n) is 3.79. The second-order valence-electron chi connectivity index (χ2n) is 5.41. The molecule has 0 radical (unpaired) electrons. The number of rotatable bonds is 5. The van der Waals surface area contributed by atoms with Crippen molar-refractivity contribution < 1.29 is 4.74 Å². The van der Waals surface area contributed by atoms with Crippen LogP contribution in [0.4, 0.5) is 5.69 Å². The standard InChI is InChI=1S/C18H21NOS/c1-3-13(2)20-15-8-6-7-14(11-15)19-17-12-21-18-10-5-4-9-16(17)18/h4-11,13,17,19H,3,12H2,1-2H3. The highest BCUT2D eigenvalue weighted by Crippen LogP contribution is 2.39. The maximum atomic E-state index is 5.89. The first-order valence-corrected chi connectivity index (χ1v) is 8.50. The molecule has 1 aliphatic heterocycles. The zero-order chi connectivity index (χ0) is 14.7. The zero-order valence-electron chi connectivity index (χ0n) is 12.5. The summed E-state index contributed by atoms with van der Waals surface area (Å²) in [5, 5.41) is 3.63. The number of hydrogen-bond donors (Lipinski definition) is 1. The maximum absolute atomic E-state index is 5.89. The molecule has 0 aliphatic carbocycles. The van der Waals surface area contributed by atoms with Crippen LogP contribution in [0.1, 0.15) is 31.9 Å². The van der Waals surface area contributed by atoms with E-state index in [0.717, 1.165) is 23.6 Å². The largest absolute Gasteiger partial charge is 0.491 e. The van der Waals surface area contributed by atoms with Gasteiger partial charge in [-0.1, -0.05) is 31.2 Å². The van der Waals surface area contributed by atoms with Gasteiger partial charge in [0.15, 0.2) is 0 Å². The third-order valence-corrected chi connectivity index (χ3v) is 4.97. The number of thioether (sulfide) groups is 1. The van der Waals surface area contributed by atoms with Gasteiger partial charge in [-0.25, -0.2) is 0 Å². The molecule has 0 fully saturated rings. The van der Waals surface area contributed by atoms with Crippen molar-refractivity contribution in [2.24, 2.45) is 0 Å². The average molecular weight is 299 g/mol. The minimum atomic E-state index is 0.253. The van der Waals surface area contributed by atoms with E-state index in [1.165, 1.54) is 10.5 Å². The molecular weight excluding hydrogens is 278 g/mol. The number of benzene rings is 2. The van der Waals surface area contributed by atoms with E-state index >= 15 is 0 Å². The lowest BCUT2D eigenvalue weighted by Crippen LogP contribution is -2.11. The summed E-state index contributed by atoms with van der Waals surface area (Å²) in [4.78, 5) is 1.39. The molecule has 0 amide bonds. The topological polar surface area (TPSA) is 21.3 Å². The predicted molar refractivity (Wildman–Crippen MR) is 90.4 cm³/mol. The molecule has 2 unspecified atom stereocenters. The van der Waals surface area contributed by atoms with Crippen LogP contribution >= 0.6 is 11.8 Å². The molecule has 0 bridgehead atoms. The summed E-state index contributed by atoms with van der Waals surface area (Å²) in [6.45, 7) is 4.24. The highest BCUT2D eigenvalue weighted by atomic mass is 32.2. The quantitative estimate of drug-likeness (QED) is 0.827. The molecule has 2 atom stereocenters. The molecule has 0 spiro atoms. The van der Waals surface area contributed by atoms with E-state index in [2.05, 4.69) is 55.6 Å². The van der Waals surface area contributed by atoms with E-state index in [0.29, 0.717) is 6.04 Å². The normalized spacial score (nSPS) is 18.1. The van der Waals surface area contributed by atoms with Crippen molar-refractivity contribution in [3.8, 4) is 5.75 Å². The molecule has 110 valence electrons. The lowest BCUT2D eigenvalue weighted by Gasteiger charge is -2.17. The summed E-state index contributed by atoms with van der Waals surface area (Å²) in [5.74, 6) is 2.02. The summed E-state index contributed by atoms with van der Waals surface area (Å²) in [6.07, 6.45) is 1.27. The predicted octanol–water partition coefficient (Wildman–Crippen LogP) is 5.12. The SMILES string of the molecule is CCC(C)Oc1cccc(NC2CSc3ccccc32)c1. The van der Waals surface area contributed by atoms with Crippen molar-refractivity contribution in [2.75, 3.05) is 11.1 Å². The molecule has 0 saturated heterocycles. The molecule has 0 aromatic heterocycles. The maximum Gasteiger partial charge on any atom is 0.121 e. The van der Waals surface area contributed by atoms with Gasteiger partial charge < -0.3 is 10.1 Å². The summed E-state index contributed by atoms with van der Waals surface area (Å²) in [7, 11) is 0. The van der Waals surface area contributed by atoms with Gasteiger partial charge in [-0.3, -0.25) is 0 Å². The van der Waals surface area contributed by atoms with Crippen LogP contribution in [-0.4, -0.2) is 11.9 Å². The van der Waals surface area contributed by atoms with Crippen LogP contribution < -0.4 is 10.1 Å².